The highest BCUT2D eigenvalue weighted by Gasteiger charge is 2.36. The maximum absolute atomic E-state index is 13.2. The van der Waals surface area contributed by atoms with Crippen molar-refractivity contribution in [2.45, 2.75) is 37.1 Å². The summed E-state index contributed by atoms with van der Waals surface area (Å²) in [6, 6.07) is 11.9. The molecule has 0 bridgehead atoms. The van der Waals surface area contributed by atoms with E-state index in [1.807, 2.05) is 36.4 Å². The first-order chi connectivity index (χ1) is 15.5. The quantitative estimate of drug-likeness (QED) is 0.521. The third-order valence-corrected chi connectivity index (χ3v) is 6.49. The molecule has 3 atom stereocenters. The Balaban J connectivity index is 1.75. The fourth-order valence-electron chi connectivity index (χ4n) is 3.63. The monoisotopic (exact) mass is 460 g/mol. The lowest BCUT2D eigenvalue weighted by Gasteiger charge is -2.26. The zero-order chi connectivity index (χ0) is 22.9. The topological polar surface area (TPSA) is 109 Å². The summed E-state index contributed by atoms with van der Waals surface area (Å²) in [6.07, 6.45) is 2.65. The summed E-state index contributed by atoms with van der Waals surface area (Å²) in [5, 5.41) is 12.3. The van der Waals surface area contributed by atoms with Gasteiger partial charge in [-0.1, -0.05) is 30.3 Å². The predicted octanol–water partition coefficient (Wildman–Crippen LogP) is 2.50. The van der Waals surface area contributed by atoms with Crippen LogP contribution in [-0.4, -0.2) is 65.4 Å². The highest BCUT2D eigenvalue weighted by atomic mass is 32.2. The van der Waals surface area contributed by atoms with Crippen LogP contribution in [0.25, 0.3) is 0 Å². The third-order valence-electron chi connectivity index (χ3n) is 5.18. The van der Waals surface area contributed by atoms with E-state index in [1.54, 1.807) is 19.3 Å². The molecule has 2 N–H and O–H groups in total. The molecule has 0 spiro atoms. The molecule has 0 aliphatic carbocycles. The molecule has 32 heavy (non-hydrogen) atoms. The number of nitrogens with one attached hydrogen (secondary N) is 1. The maximum atomic E-state index is 13.2. The first-order valence-electron chi connectivity index (χ1n) is 10.6. The number of benzene rings is 1. The normalized spacial score (nSPS) is 19.9. The number of hydrogen-bond acceptors (Lipinski definition) is 7. The third kappa shape index (κ3) is 6.61. The van der Waals surface area contributed by atoms with E-state index in [4.69, 9.17) is 9.15 Å². The van der Waals surface area contributed by atoms with E-state index < -0.39 is 30.6 Å². The van der Waals surface area contributed by atoms with Crippen LogP contribution in [0.4, 0.5) is 0 Å². The van der Waals surface area contributed by atoms with Crippen molar-refractivity contribution in [3.8, 4) is 0 Å². The van der Waals surface area contributed by atoms with Crippen molar-refractivity contribution < 1.29 is 28.6 Å². The van der Waals surface area contributed by atoms with Gasteiger partial charge in [-0.15, -0.1) is 11.8 Å². The molecular weight excluding hydrogens is 432 g/mol. The lowest BCUT2D eigenvalue weighted by Crippen LogP contribution is -2.53. The van der Waals surface area contributed by atoms with Crippen molar-refractivity contribution >= 4 is 29.6 Å². The van der Waals surface area contributed by atoms with Crippen LogP contribution in [-0.2, 0) is 25.5 Å². The second-order valence-electron chi connectivity index (χ2n) is 7.50. The molecule has 9 heteroatoms. The molecule has 2 heterocycles. The number of aryl methyl sites for hydroxylation is 1. The molecule has 1 fully saturated rings. The summed E-state index contributed by atoms with van der Waals surface area (Å²) in [4.78, 5) is 38.5. The number of carbonyl (C=O) groups is 3. The zero-order valence-corrected chi connectivity index (χ0v) is 18.8. The van der Waals surface area contributed by atoms with E-state index in [0.29, 0.717) is 24.4 Å². The van der Waals surface area contributed by atoms with E-state index in [9.17, 15) is 19.5 Å². The Bertz CT molecular complexity index is 889. The largest absolute Gasteiger partial charge is 0.480 e. The van der Waals surface area contributed by atoms with E-state index in [1.165, 1.54) is 16.7 Å². The molecule has 2 aromatic rings. The van der Waals surface area contributed by atoms with Crippen LogP contribution in [0.2, 0.25) is 0 Å². The van der Waals surface area contributed by atoms with E-state index in [2.05, 4.69) is 5.32 Å². The average Bonchev–Trinajstić information content (AvgIpc) is 3.27. The molecule has 3 unspecified atom stereocenters. The number of esters is 1. The Kier molecular flexibility index (Phi) is 8.75. The number of amides is 1. The van der Waals surface area contributed by atoms with Crippen molar-refractivity contribution in [2.24, 2.45) is 0 Å². The van der Waals surface area contributed by atoms with Gasteiger partial charge in [0, 0.05) is 12.3 Å². The average molecular weight is 461 g/mol. The molecule has 1 aliphatic rings. The number of carboxylic acids is 1. The molecule has 1 aromatic carbocycles. The smallest absolute Gasteiger partial charge is 0.323 e. The first-order valence-corrected chi connectivity index (χ1v) is 11.6. The molecule has 1 aliphatic heterocycles. The number of ether oxygens (including phenoxy) is 1. The molecule has 172 valence electrons. The van der Waals surface area contributed by atoms with E-state index in [0.717, 1.165) is 5.56 Å². The Morgan fingerprint density at radius 3 is 2.72 bits per heavy atom. The van der Waals surface area contributed by atoms with E-state index in [-0.39, 0.29) is 24.3 Å². The SMILES string of the molecule is CCOC(=O)C(CCc1ccccc1)NC1CSC(c2ccco2)CN(CC(=O)O)C1=O. The molecule has 0 radical (unpaired) electrons. The summed E-state index contributed by atoms with van der Waals surface area (Å²) in [7, 11) is 0. The number of furan rings is 1. The predicted molar refractivity (Wildman–Crippen MR) is 120 cm³/mol. The minimum atomic E-state index is -1.09. The van der Waals surface area contributed by atoms with Gasteiger partial charge in [0.05, 0.1) is 24.2 Å². The van der Waals surface area contributed by atoms with Crippen LogP contribution >= 0.6 is 11.8 Å². The Morgan fingerprint density at radius 1 is 1.28 bits per heavy atom. The number of carbonyl (C=O) groups excluding carboxylic acids is 2. The lowest BCUT2D eigenvalue weighted by atomic mass is 10.0. The maximum Gasteiger partial charge on any atom is 0.323 e. The minimum Gasteiger partial charge on any atom is -0.480 e. The highest BCUT2D eigenvalue weighted by molar-refractivity contribution is 7.99. The summed E-state index contributed by atoms with van der Waals surface area (Å²) in [5.41, 5.74) is 1.08. The summed E-state index contributed by atoms with van der Waals surface area (Å²) in [5.74, 6) is -0.791. The summed E-state index contributed by atoms with van der Waals surface area (Å²) in [6.45, 7) is 1.78. The molecular formula is C23H28N2O6S. The fraction of sp³-hybridized carbons (Fsp3) is 0.435. The second kappa shape index (κ2) is 11.7. The van der Waals surface area contributed by atoms with Crippen molar-refractivity contribution in [3.63, 3.8) is 0 Å². The molecule has 1 amide bonds. The second-order valence-corrected chi connectivity index (χ2v) is 8.73. The zero-order valence-electron chi connectivity index (χ0n) is 17.9. The van der Waals surface area contributed by atoms with Gasteiger partial charge in [0.25, 0.3) is 0 Å². The van der Waals surface area contributed by atoms with Crippen molar-refractivity contribution in [2.75, 3.05) is 25.4 Å². The van der Waals surface area contributed by atoms with Crippen molar-refractivity contribution in [1.29, 1.82) is 0 Å². The fourth-order valence-corrected chi connectivity index (χ4v) is 4.88. The molecule has 8 nitrogen and oxygen atoms in total. The molecule has 1 saturated heterocycles. The van der Waals surface area contributed by atoms with Gasteiger partial charge >= 0.3 is 11.9 Å². The van der Waals surface area contributed by atoms with Crippen LogP contribution in [0.3, 0.4) is 0 Å². The van der Waals surface area contributed by atoms with Crippen LogP contribution in [0.15, 0.2) is 53.1 Å². The Labute approximate surface area is 191 Å². The van der Waals surface area contributed by atoms with Gasteiger partial charge in [-0.25, -0.2) is 0 Å². The first kappa shape index (κ1) is 23.9. The van der Waals surface area contributed by atoms with Crippen LogP contribution in [0.1, 0.15) is 29.9 Å². The number of thioether (sulfide) groups is 1. The van der Waals surface area contributed by atoms with Gasteiger partial charge in [-0.3, -0.25) is 19.7 Å². The summed E-state index contributed by atoms with van der Waals surface area (Å²) >= 11 is 1.50. The molecule has 0 saturated carbocycles. The van der Waals surface area contributed by atoms with Crippen molar-refractivity contribution in [3.05, 3.63) is 60.1 Å². The van der Waals surface area contributed by atoms with Crippen LogP contribution in [0.5, 0.6) is 0 Å². The minimum absolute atomic E-state index is 0.189. The van der Waals surface area contributed by atoms with Crippen LogP contribution < -0.4 is 5.32 Å². The van der Waals surface area contributed by atoms with Gasteiger partial charge in [0.15, 0.2) is 0 Å². The van der Waals surface area contributed by atoms with Gasteiger partial charge < -0.3 is 19.2 Å². The van der Waals surface area contributed by atoms with E-state index >= 15 is 0 Å². The van der Waals surface area contributed by atoms with Crippen LogP contribution in [0, 0.1) is 0 Å². The summed E-state index contributed by atoms with van der Waals surface area (Å²) < 4.78 is 10.7. The number of hydrogen-bond donors (Lipinski definition) is 2. The van der Waals surface area contributed by atoms with Gasteiger partial charge in [-0.05, 0) is 37.5 Å². The van der Waals surface area contributed by atoms with Gasteiger partial charge in [-0.2, -0.15) is 0 Å². The van der Waals surface area contributed by atoms with Gasteiger partial charge in [0.1, 0.15) is 18.3 Å². The number of nitrogens with zero attached hydrogens (tertiary/aromatic N) is 1. The number of rotatable bonds is 10. The standard InChI is InChI=1S/C23H28N2O6S/c1-2-30-23(29)17(11-10-16-7-4-3-5-8-16)24-18-15-32-20(19-9-6-12-31-19)13-25(22(18)28)14-21(26)27/h3-9,12,17-18,20,24H,2,10-11,13-15H2,1H3,(H,26,27). The molecule has 3 rings (SSSR count). The Hall–Kier alpha value is -2.78. The Morgan fingerprint density at radius 2 is 2.06 bits per heavy atom. The highest BCUT2D eigenvalue weighted by Crippen LogP contribution is 2.33. The number of carboxylic acid groups (broad SMARTS) is 1. The number of aliphatic carboxylic acids is 1. The van der Waals surface area contributed by atoms with Gasteiger partial charge in [0.2, 0.25) is 5.91 Å². The molecule has 1 aromatic heterocycles. The van der Waals surface area contributed by atoms with Crippen molar-refractivity contribution in [1.82, 2.24) is 10.2 Å². The lowest BCUT2D eigenvalue weighted by molar-refractivity contribution is -0.148.